The Labute approximate surface area is 156 Å². The molecule has 2 aromatic carbocycles. The molecule has 1 unspecified atom stereocenters. The van der Waals surface area contributed by atoms with Gasteiger partial charge in [0.2, 0.25) is 5.91 Å². The zero-order chi connectivity index (χ0) is 18.2. The number of carbonyl (C=O) groups is 1. The second-order valence-electron chi connectivity index (χ2n) is 5.27. The summed E-state index contributed by atoms with van der Waals surface area (Å²) in [7, 11) is 3.17. The molecule has 7 heteroatoms. The van der Waals surface area contributed by atoms with Crippen molar-refractivity contribution in [3.63, 3.8) is 0 Å². The fraction of sp³-hybridized carbons (Fsp3) is 0.278. The predicted octanol–water partition coefficient (Wildman–Crippen LogP) is 3.80. The molecule has 1 amide bonds. The van der Waals surface area contributed by atoms with Crippen molar-refractivity contribution < 1.29 is 14.3 Å². The summed E-state index contributed by atoms with van der Waals surface area (Å²) in [5.41, 5.74) is 6.16. The molecule has 0 radical (unpaired) electrons. The van der Waals surface area contributed by atoms with Crippen molar-refractivity contribution in [3.8, 4) is 5.75 Å². The molecule has 3 N–H and O–H groups in total. The molecule has 0 aliphatic heterocycles. The van der Waals surface area contributed by atoms with Gasteiger partial charge in [0, 0.05) is 29.1 Å². The fourth-order valence-electron chi connectivity index (χ4n) is 2.11. The van der Waals surface area contributed by atoms with Gasteiger partial charge in [0.25, 0.3) is 0 Å². The van der Waals surface area contributed by atoms with Crippen LogP contribution in [0.4, 0.5) is 5.69 Å². The van der Waals surface area contributed by atoms with Crippen LogP contribution >= 0.6 is 23.4 Å². The van der Waals surface area contributed by atoms with Crippen LogP contribution in [0.3, 0.4) is 0 Å². The molecule has 25 heavy (non-hydrogen) atoms. The standard InChI is InChI=1S/C18H21ClN2O3S/c1-23-13-4-6-15(7-5-13)25-17-8-3-12(9-16(17)19)21-18(22)10-14(11-20)24-2/h3-9,14H,10-11,20H2,1-2H3,(H,21,22). The van der Waals surface area contributed by atoms with Gasteiger partial charge in [0.05, 0.1) is 24.7 Å². The molecule has 1 atom stereocenters. The maximum Gasteiger partial charge on any atom is 0.227 e. The predicted molar refractivity (Wildman–Crippen MR) is 102 cm³/mol. The monoisotopic (exact) mass is 380 g/mol. The molecule has 0 heterocycles. The Bertz CT molecular complexity index is 706. The number of carbonyl (C=O) groups excluding carboxylic acids is 1. The minimum absolute atomic E-state index is 0.163. The van der Waals surface area contributed by atoms with Crippen molar-refractivity contribution in [1.82, 2.24) is 0 Å². The average molecular weight is 381 g/mol. The number of amides is 1. The first-order chi connectivity index (χ1) is 12.0. The topological polar surface area (TPSA) is 73.6 Å². The summed E-state index contributed by atoms with van der Waals surface area (Å²) in [4.78, 5) is 13.9. The van der Waals surface area contributed by atoms with Gasteiger partial charge in [-0.05, 0) is 42.5 Å². The minimum atomic E-state index is -0.291. The Morgan fingerprint density at radius 2 is 1.96 bits per heavy atom. The first-order valence-electron chi connectivity index (χ1n) is 7.70. The maximum atomic E-state index is 12.0. The number of nitrogens with two attached hydrogens (primary N) is 1. The summed E-state index contributed by atoms with van der Waals surface area (Å²) < 4.78 is 10.3. The lowest BCUT2D eigenvalue weighted by molar-refractivity contribution is -0.118. The van der Waals surface area contributed by atoms with E-state index in [4.69, 9.17) is 26.8 Å². The zero-order valence-electron chi connectivity index (χ0n) is 14.1. The Morgan fingerprint density at radius 1 is 1.24 bits per heavy atom. The van der Waals surface area contributed by atoms with E-state index in [9.17, 15) is 4.79 Å². The summed E-state index contributed by atoms with van der Waals surface area (Å²) in [6.45, 7) is 0.294. The lowest BCUT2D eigenvalue weighted by Crippen LogP contribution is -2.28. The van der Waals surface area contributed by atoms with Crippen LogP contribution in [0.15, 0.2) is 52.3 Å². The summed E-state index contributed by atoms with van der Waals surface area (Å²) in [6, 6.07) is 13.2. The van der Waals surface area contributed by atoms with E-state index in [0.717, 1.165) is 15.5 Å². The third-order valence-electron chi connectivity index (χ3n) is 3.51. The van der Waals surface area contributed by atoms with Crippen molar-refractivity contribution in [2.45, 2.75) is 22.3 Å². The van der Waals surface area contributed by atoms with Crippen LogP contribution in [0.5, 0.6) is 5.75 Å². The van der Waals surface area contributed by atoms with Crippen LogP contribution in [0.1, 0.15) is 6.42 Å². The first-order valence-corrected chi connectivity index (χ1v) is 8.89. The van der Waals surface area contributed by atoms with Crippen molar-refractivity contribution >= 4 is 35.0 Å². The Morgan fingerprint density at radius 3 is 2.52 bits per heavy atom. The van der Waals surface area contributed by atoms with Crippen molar-refractivity contribution in [3.05, 3.63) is 47.5 Å². The van der Waals surface area contributed by atoms with E-state index < -0.39 is 0 Å². The van der Waals surface area contributed by atoms with Crippen LogP contribution in [0.25, 0.3) is 0 Å². The Balaban J connectivity index is 2.00. The van der Waals surface area contributed by atoms with E-state index in [1.165, 1.54) is 7.11 Å². The molecule has 0 aromatic heterocycles. The van der Waals surface area contributed by atoms with Crippen LogP contribution in [-0.2, 0) is 9.53 Å². The summed E-state index contributed by atoms with van der Waals surface area (Å²) >= 11 is 7.88. The van der Waals surface area contributed by atoms with Crippen molar-refractivity contribution in [2.24, 2.45) is 5.73 Å². The summed E-state index contributed by atoms with van der Waals surface area (Å²) in [6.07, 6.45) is -0.0900. The largest absolute Gasteiger partial charge is 0.497 e. The van der Waals surface area contributed by atoms with E-state index in [-0.39, 0.29) is 18.4 Å². The van der Waals surface area contributed by atoms with Gasteiger partial charge in [0.1, 0.15) is 5.75 Å². The van der Waals surface area contributed by atoms with E-state index in [1.54, 1.807) is 24.9 Å². The number of methoxy groups -OCH3 is 2. The average Bonchev–Trinajstić information content (AvgIpc) is 2.62. The SMILES string of the molecule is COc1ccc(Sc2ccc(NC(=O)CC(CN)OC)cc2Cl)cc1. The number of hydrogen-bond acceptors (Lipinski definition) is 5. The molecular weight excluding hydrogens is 360 g/mol. The van der Waals surface area contributed by atoms with Crippen molar-refractivity contribution in [1.29, 1.82) is 0 Å². The smallest absolute Gasteiger partial charge is 0.227 e. The first kappa shape index (κ1) is 19.6. The summed E-state index contributed by atoms with van der Waals surface area (Å²) in [5.74, 6) is 0.643. The number of nitrogens with one attached hydrogen (secondary N) is 1. The number of halogens is 1. The molecule has 0 spiro atoms. The van der Waals surface area contributed by atoms with Gasteiger partial charge in [-0.3, -0.25) is 4.79 Å². The molecule has 0 saturated carbocycles. The van der Waals surface area contributed by atoms with E-state index in [2.05, 4.69) is 5.32 Å². The highest BCUT2D eigenvalue weighted by Crippen LogP contribution is 2.35. The number of rotatable bonds is 8. The summed E-state index contributed by atoms with van der Waals surface area (Å²) in [5, 5.41) is 3.37. The normalized spacial score (nSPS) is 11.8. The molecule has 0 saturated heterocycles. The highest BCUT2D eigenvalue weighted by atomic mass is 35.5. The van der Waals surface area contributed by atoms with Crippen LogP contribution in [-0.4, -0.2) is 32.8 Å². The van der Waals surface area contributed by atoms with Gasteiger partial charge in [-0.25, -0.2) is 0 Å². The second kappa shape index (κ2) is 9.68. The lowest BCUT2D eigenvalue weighted by atomic mass is 10.2. The molecule has 0 aliphatic carbocycles. The molecule has 2 aromatic rings. The van der Waals surface area contributed by atoms with Crippen molar-refractivity contribution in [2.75, 3.05) is 26.1 Å². The Kier molecular flexibility index (Phi) is 7.58. The fourth-order valence-corrected chi connectivity index (χ4v) is 3.23. The molecule has 134 valence electrons. The number of anilines is 1. The molecule has 0 bridgehead atoms. The number of hydrogen-bond donors (Lipinski definition) is 2. The second-order valence-corrected chi connectivity index (χ2v) is 6.79. The van der Waals surface area contributed by atoms with Crippen LogP contribution in [0, 0.1) is 0 Å². The van der Waals surface area contributed by atoms with Gasteiger partial charge in [-0.1, -0.05) is 23.4 Å². The van der Waals surface area contributed by atoms with Gasteiger partial charge < -0.3 is 20.5 Å². The van der Waals surface area contributed by atoms with Gasteiger partial charge in [-0.15, -0.1) is 0 Å². The lowest BCUT2D eigenvalue weighted by Gasteiger charge is -2.13. The third kappa shape index (κ3) is 5.93. The Hall–Kier alpha value is -1.73. The number of ether oxygens (including phenoxy) is 2. The molecule has 5 nitrogen and oxygen atoms in total. The molecule has 0 aliphatic rings. The van der Waals surface area contributed by atoms with E-state index in [1.807, 2.05) is 36.4 Å². The number of benzene rings is 2. The minimum Gasteiger partial charge on any atom is -0.497 e. The highest BCUT2D eigenvalue weighted by Gasteiger charge is 2.12. The van der Waals surface area contributed by atoms with E-state index in [0.29, 0.717) is 17.3 Å². The third-order valence-corrected chi connectivity index (χ3v) is 5.02. The van der Waals surface area contributed by atoms with Crippen LogP contribution in [0.2, 0.25) is 5.02 Å². The van der Waals surface area contributed by atoms with Crippen LogP contribution < -0.4 is 15.8 Å². The van der Waals surface area contributed by atoms with E-state index >= 15 is 0 Å². The quantitative estimate of drug-likeness (QED) is 0.728. The maximum absolute atomic E-state index is 12.0. The van der Waals surface area contributed by atoms with Gasteiger partial charge >= 0.3 is 0 Å². The highest BCUT2D eigenvalue weighted by molar-refractivity contribution is 7.99. The van der Waals surface area contributed by atoms with Gasteiger partial charge in [-0.2, -0.15) is 0 Å². The molecular formula is C18H21ClN2O3S. The zero-order valence-corrected chi connectivity index (χ0v) is 15.7. The van der Waals surface area contributed by atoms with Gasteiger partial charge in [0.15, 0.2) is 0 Å². The molecule has 2 rings (SSSR count). The molecule has 0 fully saturated rings.